The molecule has 120 valence electrons. The average molecular weight is 332 g/mol. The molecule has 0 aliphatic carbocycles. The number of thioether (sulfide) groups is 1. The first-order chi connectivity index (χ1) is 10.0. The lowest BCUT2D eigenvalue weighted by molar-refractivity contribution is 0.571. The third kappa shape index (κ3) is 4.45. The molecule has 1 aromatic heterocycles. The summed E-state index contributed by atoms with van der Waals surface area (Å²) in [6.45, 7) is 5.45. The van der Waals surface area contributed by atoms with E-state index in [2.05, 4.69) is 20.2 Å². The molecule has 1 aliphatic rings. The summed E-state index contributed by atoms with van der Waals surface area (Å²) in [5.74, 6) is 1.13. The van der Waals surface area contributed by atoms with Crippen molar-refractivity contribution in [3.63, 3.8) is 0 Å². The molecule has 0 radical (unpaired) electrons. The second-order valence-corrected chi connectivity index (χ2v) is 8.36. The van der Waals surface area contributed by atoms with Crippen molar-refractivity contribution >= 4 is 21.8 Å². The number of rotatable bonds is 7. The van der Waals surface area contributed by atoms with Gasteiger partial charge in [0.2, 0.25) is 10.0 Å². The third-order valence-electron chi connectivity index (χ3n) is 3.55. The first-order valence-corrected chi connectivity index (χ1v) is 9.93. The van der Waals surface area contributed by atoms with Gasteiger partial charge in [0.1, 0.15) is 4.90 Å². The molecule has 1 fully saturated rings. The highest BCUT2D eigenvalue weighted by atomic mass is 32.2. The van der Waals surface area contributed by atoms with Gasteiger partial charge in [-0.3, -0.25) is 5.10 Å². The van der Waals surface area contributed by atoms with E-state index in [4.69, 9.17) is 0 Å². The van der Waals surface area contributed by atoms with Crippen LogP contribution in [0.5, 0.6) is 0 Å². The largest absolute Gasteiger partial charge is 0.311 e. The molecule has 1 aromatic rings. The van der Waals surface area contributed by atoms with Crippen LogP contribution in [0.1, 0.15) is 37.6 Å². The smallest absolute Gasteiger partial charge is 0.244 e. The second kappa shape index (κ2) is 7.62. The molecule has 6 nitrogen and oxygen atoms in total. The molecule has 0 spiro atoms. The van der Waals surface area contributed by atoms with Gasteiger partial charge in [-0.1, -0.05) is 13.3 Å². The Labute approximate surface area is 130 Å². The van der Waals surface area contributed by atoms with Crippen LogP contribution in [-0.2, 0) is 16.6 Å². The zero-order chi connectivity index (χ0) is 15.3. The number of aromatic nitrogens is 2. The van der Waals surface area contributed by atoms with E-state index >= 15 is 0 Å². The Morgan fingerprint density at radius 3 is 2.90 bits per heavy atom. The minimum absolute atomic E-state index is 0.296. The number of aromatic amines is 1. The molecule has 0 amide bonds. The van der Waals surface area contributed by atoms with Crippen molar-refractivity contribution in [2.45, 2.75) is 49.8 Å². The Morgan fingerprint density at radius 1 is 1.43 bits per heavy atom. The van der Waals surface area contributed by atoms with E-state index in [0.717, 1.165) is 18.7 Å². The summed E-state index contributed by atoms with van der Waals surface area (Å²) in [5.41, 5.74) is 1.14. The van der Waals surface area contributed by atoms with E-state index in [1.807, 2.05) is 18.7 Å². The normalized spacial score (nSPS) is 19.8. The van der Waals surface area contributed by atoms with E-state index < -0.39 is 10.0 Å². The lowest BCUT2D eigenvalue weighted by Gasteiger charge is -2.21. The maximum atomic E-state index is 12.5. The van der Waals surface area contributed by atoms with E-state index in [1.54, 1.807) is 6.92 Å². The molecular formula is C13H24N4O2S2. The van der Waals surface area contributed by atoms with Crippen molar-refractivity contribution < 1.29 is 8.42 Å². The Morgan fingerprint density at radius 2 is 2.24 bits per heavy atom. The molecule has 0 saturated carbocycles. The minimum Gasteiger partial charge on any atom is -0.311 e. The van der Waals surface area contributed by atoms with Gasteiger partial charge in [0.25, 0.3) is 0 Å². The van der Waals surface area contributed by atoms with E-state index in [1.165, 1.54) is 12.8 Å². The Balaban J connectivity index is 2.05. The van der Waals surface area contributed by atoms with Crippen LogP contribution in [0.2, 0.25) is 0 Å². The summed E-state index contributed by atoms with van der Waals surface area (Å²) >= 11 is 1.86. The van der Waals surface area contributed by atoms with Gasteiger partial charge in [-0.25, -0.2) is 13.1 Å². The number of hydrogen-bond donors (Lipinski definition) is 3. The molecule has 3 N–H and O–H groups in total. The average Bonchev–Trinajstić information content (AvgIpc) is 2.86. The predicted molar refractivity (Wildman–Crippen MR) is 86.0 cm³/mol. The minimum atomic E-state index is -3.51. The van der Waals surface area contributed by atoms with Crippen molar-refractivity contribution in [1.82, 2.24) is 20.2 Å². The number of hydrogen-bond acceptors (Lipinski definition) is 5. The van der Waals surface area contributed by atoms with Crippen LogP contribution in [0, 0.1) is 6.92 Å². The first kappa shape index (κ1) is 16.8. The van der Waals surface area contributed by atoms with Crippen LogP contribution >= 0.6 is 11.8 Å². The van der Waals surface area contributed by atoms with E-state index in [-0.39, 0.29) is 0 Å². The molecule has 2 heterocycles. The van der Waals surface area contributed by atoms with E-state index in [9.17, 15) is 8.42 Å². The highest BCUT2D eigenvalue weighted by molar-refractivity contribution is 8.00. The molecule has 1 unspecified atom stereocenters. The quantitative estimate of drug-likeness (QED) is 0.702. The van der Waals surface area contributed by atoms with Crippen LogP contribution in [0.3, 0.4) is 0 Å². The highest BCUT2D eigenvalue weighted by Gasteiger charge is 2.25. The van der Waals surface area contributed by atoms with Crippen molar-refractivity contribution in [3.05, 3.63) is 11.4 Å². The second-order valence-electron chi connectivity index (χ2n) is 5.25. The molecular weight excluding hydrogens is 308 g/mol. The summed E-state index contributed by atoms with van der Waals surface area (Å²) < 4.78 is 27.8. The maximum Gasteiger partial charge on any atom is 0.244 e. The fourth-order valence-corrected chi connectivity index (χ4v) is 5.22. The van der Waals surface area contributed by atoms with Crippen molar-refractivity contribution in [2.24, 2.45) is 0 Å². The highest BCUT2D eigenvalue weighted by Crippen LogP contribution is 2.25. The van der Waals surface area contributed by atoms with E-state index in [0.29, 0.717) is 34.6 Å². The van der Waals surface area contributed by atoms with Gasteiger partial charge in [-0.2, -0.15) is 16.9 Å². The Kier molecular flexibility index (Phi) is 6.09. The Hall–Kier alpha value is -0.570. The SMILES string of the molecule is CCNCc1n[nH]c(C)c1S(=O)(=O)NCC1CCCCS1. The number of nitrogens with one attached hydrogen (secondary N) is 3. The molecule has 1 atom stereocenters. The molecule has 0 aromatic carbocycles. The zero-order valence-corrected chi connectivity index (χ0v) is 14.2. The molecule has 0 bridgehead atoms. The summed E-state index contributed by atoms with van der Waals surface area (Å²) in [6, 6.07) is 0. The van der Waals surface area contributed by atoms with Crippen molar-refractivity contribution in [2.75, 3.05) is 18.8 Å². The standard InChI is InChI=1S/C13H24N4O2S2/c1-3-14-9-12-13(10(2)16-17-12)21(18,19)15-8-11-6-4-5-7-20-11/h11,14-15H,3-9H2,1-2H3,(H,16,17). The summed E-state index contributed by atoms with van der Waals surface area (Å²) in [6.07, 6.45) is 3.51. The van der Waals surface area contributed by atoms with Crippen molar-refractivity contribution in [3.8, 4) is 0 Å². The zero-order valence-electron chi connectivity index (χ0n) is 12.6. The predicted octanol–water partition coefficient (Wildman–Crippen LogP) is 1.39. The van der Waals surface area contributed by atoms with Gasteiger partial charge >= 0.3 is 0 Å². The fourth-order valence-electron chi connectivity index (χ4n) is 2.43. The van der Waals surface area contributed by atoms with Gasteiger partial charge in [-0.15, -0.1) is 0 Å². The number of sulfonamides is 1. The lowest BCUT2D eigenvalue weighted by Crippen LogP contribution is -2.33. The summed E-state index contributed by atoms with van der Waals surface area (Å²) in [4.78, 5) is 0.296. The molecule has 21 heavy (non-hydrogen) atoms. The monoisotopic (exact) mass is 332 g/mol. The van der Waals surface area contributed by atoms with Gasteiger partial charge in [-0.05, 0) is 32.1 Å². The number of nitrogens with zero attached hydrogens (tertiary/aromatic N) is 1. The van der Waals surface area contributed by atoms with Crippen LogP contribution in [0.4, 0.5) is 0 Å². The lowest BCUT2D eigenvalue weighted by atomic mass is 10.2. The first-order valence-electron chi connectivity index (χ1n) is 7.40. The molecule has 8 heteroatoms. The van der Waals surface area contributed by atoms with Crippen LogP contribution < -0.4 is 10.0 Å². The van der Waals surface area contributed by atoms with Crippen LogP contribution in [-0.4, -0.2) is 42.7 Å². The van der Waals surface area contributed by atoms with Gasteiger partial charge < -0.3 is 5.32 Å². The number of H-pyrrole nitrogens is 1. The molecule has 2 rings (SSSR count). The maximum absolute atomic E-state index is 12.5. The fraction of sp³-hybridized carbons (Fsp3) is 0.769. The van der Waals surface area contributed by atoms with Crippen LogP contribution in [0.15, 0.2) is 4.90 Å². The van der Waals surface area contributed by atoms with Crippen molar-refractivity contribution in [1.29, 1.82) is 0 Å². The summed E-state index contributed by atoms with van der Waals surface area (Å²) in [5, 5.41) is 10.4. The molecule has 1 saturated heterocycles. The molecule has 1 aliphatic heterocycles. The van der Waals surface area contributed by atoms with Crippen LogP contribution in [0.25, 0.3) is 0 Å². The number of aryl methyl sites for hydroxylation is 1. The topological polar surface area (TPSA) is 86.9 Å². The third-order valence-corrected chi connectivity index (χ3v) is 6.57. The summed E-state index contributed by atoms with van der Waals surface area (Å²) in [7, 11) is -3.51. The van der Waals surface area contributed by atoms with Gasteiger partial charge in [0, 0.05) is 18.3 Å². The van der Waals surface area contributed by atoms with Gasteiger partial charge in [0.05, 0.1) is 11.4 Å². The Bertz CT molecular complexity index is 551. The van der Waals surface area contributed by atoms with Gasteiger partial charge in [0.15, 0.2) is 0 Å².